The quantitative estimate of drug-likeness (QED) is 0.650. The van der Waals surface area contributed by atoms with E-state index in [0.717, 1.165) is 31.1 Å². The number of thioether (sulfide) groups is 1. The molecule has 4 heteroatoms. The van der Waals surface area contributed by atoms with Crippen molar-refractivity contribution in [2.45, 2.75) is 12.2 Å². The Morgan fingerprint density at radius 1 is 1.42 bits per heavy atom. The van der Waals surface area contributed by atoms with Crippen LogP contribution in [0.25, 0.3) is 0 Å². The first-order valence-corrected chi connectivity index (χ1v) is 5.58. The highest BCUT2D eigenvalue weighted by atomic mass is 32.2. The largest absolute Gasteiger partial charge is 0.347 e. The summed E-state index contributed by atoms with van der Waals surface area (Å²) >= 11 is 1.95. The molecule has 0 saturated carbocycles. The second kappa shape index (κ2) is 3.54. The predicted molar refractivity (Wildman–Crippen MR) is 49.1 cm³/mol. The lowest BCUT2D eigenvalue weighted by Gasteiger charge is -2.38. The van der Waals surface area contributed by atoms with Crippen LogP contribution in [0, 0.1) is 5.92 Å². The second-order valence-corrected chi connectivity index (χ2v) is 4.42. The average molecular weight is 189 g/mol. The van der Waals surface area contributed by atoms with Crippen LogP contribution in [0.1, 0.15) is 6.42 Å². The van der Waals surface area contributed by atoms with Gasteiger partial charge in [0.1, 0.15) is 0 Å². The third-order valence-corrected chi connectivity index (χ3v) is 3.73. The lowest BCUT2D eigenvalue weighted by molar-refractivity contribution is -0.191. The molecule has 0 amide bonds. The normalized spacial score (nSPS) is 34.2. The minimum atomic E-state index is -0.306. The Hall–Kier alpha value is 0.230. The van der Waals surface area contributed by atoms with Gasteiger partial charge in [-0.15, -0.1) is 0 Å². The van der Waals surface area contributed by atoms with E-state index in [0.29, 0.717) is 12.5 Å². The lowest BCUT2D eigenvalue weighted by Crippen LogP contribution is -2.47. The Bertz CT molecular complexity index is 159. The van der Waals surface area contributed by atoms with Gasteiger partial charge >= 0.3 is 0 Å². The van der Waals surface area contributed by atoms with Crippen molar-refractivity contribution in [2.24, 2.45) is 11.7 Å². The molecule has 0 radical (unpaired) electrons. The van der Waals surface area contributed by atoms with Crippen LogP contribution in [0.2, 0.25) is 0 Å². The average Bonchev–Trinajstić information content (AvgIpc) is 2.55. The molecule has 0 aromatic rings. The van der Waals surface area contributed by atoms with Crippen LogP contribution in [-0.4, -0.2) is 37.1 Å². The highest BCUT2D eigenvalue weighted by molar-refractivity contribution is 7.99. The van der Waals surface area contributed by atoms with E-state index in [4.69, 9.17) is 15.2 Å². The molecule has 2 aliphatic rings. The zero-order valence-corrected chi connectivity index (χ0v) is 7.94. The maximum absolute atomic E-state index is 5.68. The van der Waals surface area contributed by atoms with Crippen molar-refractivity contribution < 1.29 is 9.47 Å². The van der Waals surface area contributed by atoms with Crippen LogP contribution in [-0.2, 0) is 9.47 Å². The molecule has 2 fully saturated rings. The molecule has 3 nitrogen and oxygen atoms in total. The number of hydrogen-bond acceptors (Lipinski definition) is 4. The van der Waals surface area contributed by atoms with Gasteiger partial charge in [-0.25, -0.2) is 0 Å². The smallest absolute Gasteiger partial charge is 0.174 e. The molecule has 2 heterocycles. The van der Waals surface area contributed by atoms with Crippen molar-refractivity contribution in [1.29, 1.82) is 0 Å². The topological polar surface area (TPSA) is 44.5 Å². The summed E-state index contributed by atoms with van der Waals surface area (Å²) in [5.41, 5.74) is 5.68. The Kier molecular flexibility index (Phi) is 2.60. The number of nitrogens with two attached hydrogens (primary N) is 1. The zero-order valence-electron chi connectivity index (χ0n) is 7.12. The first-order chi connectivity index (χ1) is 5.87. The maximum Gasteiger partial charge on any atom is 0.174 e. The fourth-order valence-corrected chi connectivity index (χ4v) is 3.14. The Morgan fingerprint density at radius 2 is 2.17 bits per heavy atom. The van der Waals surface area contributed by atoms with E-state index in [9.17, 15) is 0 Å². The first kappa shape index (κ1) is 8.81. The number of ether oxygens (including phenoxy) is 2. The molecule has 1 atom stereocenters. The Morgan fingerprint density at radius 3 is 2.83 bits per heavy atom. The first-order valence-electron chi connectivity index (χ1n) is 4.43. The van der Waals surface area contributed by atoms with Gasteiger partial charge in [0, 0.05) is 24.6 Å². The molecular formula is C8H15NO2S. The van der Waals surface area contributed by atoms with Crippen LogP contribution in [0.3, 0.4) is 0 Å². The van der Waals surface area contributed by atoms with E-state index in [1.165, 1.54) is 0 Å². The van der Waals surface area contributed by atoms with Gasteiger partial charge in [0.25, 0.3) is 0 Å². The SMILES string of the molecule is NCC1CSCCC12OCCO2. The molecule has 12 heavy (non-hydrogen) atoms. The summed E-state index contributed by atoms with van der Waals surface area (Å²) in [6, 6.07) is 0. The zero-order chi connectivity index (χ0) is 8.44. The monoisotopic (exact) mass is 189 g/mol. The molecule has 0 aliphatic carbocycles. The van der Waals surface area contributed by atoms with E-state index in [1.54, 1.807) is 0 Å². The second-order valence-electron chi connectivity index (χ2n) is 3.27. The minimum absolute atomic E-state index is 0.306. The third kappa shape index (κ3) is 1.37. The fraction of sp³-hybridized carbons (Fsp3) is 1.00. The van der Waals surface area contributed by atoms with E-state index in [2.05, 4.69) is 0 Å². The van der Waals surface area contributed by atoms with Gasteiger partial charge in [-0.1, -0.05) is 0 Å². The number of rotatable bonds is 1. The summed E-state index contributed by atoms with van der Waals surface area (Å²) in [4.78, 5) is 0. The molecule has 2 rings (SSSR count). The van der Waals surface area contributed by atoms with Gasteiger partial charge in [0.15, 0.2) is 5.79 Å². The van der Waals surface area contributed by atoms with Crippen molar-refractivity contribution in [2.75, 3.05) is 31.3 Å². The van der Waals surface area contributed by atoms with Gasteiger partial charge in [-0.05, 0) is 5.75 Å². The van der Waals surface area contributed by atoms with Crippen molar-refractivity contribution in [3.05, 3.63) is 0 Å². The van der Waals surface area contributed by atoms with Crippen molar-refractivity contribution in [3.63, 3.8) is 0 Å². The van der Waals surface area contributed by atoms with Gasteiger partial charge in [-0.3, -0.25) is 0 Å². The van der Waals surface area contributed by atoms with Crippen LogP contribution in [0.15, 0.2) is 0 Å². The molecule has 1 unspecified atom stereocenters. The van der Waals surface area contributed by atoms with E-state index < -0.39 is 0 Å². The molecule has 0 aromatic heterocycles. The fourth-order valence-electron chi connectivity index (χ4n) is 1.87. The molecular weight excluding hydrogens is 174 g/mol. The molecule has 2 aliphatic heterocycles. The van der Waals surface area contributed by atoms with Crippen LogP contribution in [0.4, 0.5) is 0 Å². The molecule has 0 aromatic carbocycles. The molecule has 2 saturated heterocycles. The van der Waals surface area contributed by atoms with Crippen LogP contribution >= 0.6 is 11.8 Å². The highest BCUT2D eigenvalue weighted by Crippen LogP contribution is 2.38. The van der Waals surface area contributed by atoms with Gasteiger partial charge in [0.05, 0.1) is 13.2 Å². The summed E-state index contributed by atoms with van der Waals surface area (Å²) in [7, 11) is 0. The van der Waals surface area contributed by atoms with E-state index in [-0.39, 0.29) is 5.79 Å². The van der Waals surface area contributed by atoms with Gasteiger partial charge in [-0.2, -0.15) is 11.8 Å². The summed E-state index contributed by atoms with van der Waals surface area (Å²) in [6.45, 7) is 2.15. The summed E-state index contributed by atoms with van der Waals surface area (Å²) < 4.78 is 11.3. The summed E-state index contributed by atoms with van der Waals surface area (Å²) in [5, 5.41) is 0. The van der Waals surface area contributed by atoms with Crippen molar-refractivity contribution >= 4 is 11.8 Å². The van der Waals surface area contributed by atoms with Crippen LogP contribution in [0.5, 0.6) is 0 Å². The standard InChI is InChI=1S/C8H15NO2S/c9-5-7-6-12-4-1-8(7)10-2-3-11-8/h7H,1-6,9H2. The maximum atomic E-state index is 5.68. The van der Waals surface area contributed by atoms with Gasteiger partial charge in [0.2, 0.25) is 0 Å². The van der Waals surface area contributed by atoms with Crippen molar-refractivity contribution in [1.82, 2.24) is 0 Å². The summed E-state index contributed by atoms with van der Waals surface area (Å²) in [6.07, 6.45) is 1.000. The molecule has 1 spiro atoms. The Labute approximate surface area is 77.0 Å². The predicted octanol–water partition coefficient (Wildman–Crippen LogP) is 0.441. The van der Waals surface area contributed by atoms with Gasteiger partial charge < -0.3 is 15.2 Å². The van der Waals surface area contributed by atoms with E-state index >= 15 is 0 Å². The molecule has 70 valence electrons. The number of hydrogen-bond donors (Lipinski definition) is 1. The highest BCUT2D eigenvalue weighted by Gasteiger charge is 2.45. The van der Waals surface area contributed by atoms with Crippen LogP contribution < -0.4 is 5.73 Å². The summed E-state index contributed by atoms with van der Waals surface area (Å²) in [5.74, 6) is 2.30. The molecule has 0 bridgehead atoms. The lowest BCUT2D eigenvalue weighted by atomic mass is 9.97. The third-order valence-electron chi connectivity index (χ3n) is 2.60. The van der Waals surface area contributed by atoms with E-state index in [1.807, 2.05) is 11.8 Å². The van der Waals surface area contributed by atoms with Crippen molar-refractivity contribution in [3.8, 4) is 0 Å². The Balaban J connectivity index is 2.07. The molecule has 2 N–H and O–H groups in total. The minimum Gasteiger partial charge on any atom is -0.347 e.